The zero-order chi connectivity index (χ0) is 20.7. The van der Waals surface area contributed by atoms with E-state index in [1.165, 1.54) is 11.3 Å². The molecule has 0 spiro atoms. The Morgan fingerprint density at radius 1 is 1.17 bits per heavy atom. The first-order valence-corrected chi connectivity index (χ1v) is 10.5. The van der Waals surface area contributed by atoms with Crippen molar-refractivity contribution in [2.75, 3.05) is 10.6 Å². The maximum Gasteiger partial charge on any atom is 0.265 e. The lowest BCUT2D eigenvalue weighted by Crippen LogP contribution is -2.22. The minimum Gasteiger partial charge on any atom is -0.449 e. The van der Waals surface area contributed by atoms with Crippen LogP contribution in [0.1, 0.15) is 42.9 Å². The first kappa shape index (κ1) is 18.4. The molecular formula is C23H19N3O3S. The number of thiophene rings is 1. The van der Waals surface area contributed by atoms with Crippen molar-refractivity contribution < 1.29 is 14.0 Å². The molecule has 0 aliphatic carbocycles. The van der Waals surface area contributed by atoms with E-state index in [1.54, 1.807) is 30.5 Å². The molecule has 7 heteroatoms. The lowest BCUT2D eigenvalue weighted by atomic mass is 10.0. The summed E-state index contributed by atoms with van der Waals surface area (Å²) in [6, 6.07) is 14.1. The van der Waals surface area contributed by atoms with E-state index in [4.69, 9.17) is 4.42 Å². The number of aromatic nitrogens is 1. The van der Waals surface area contributed by atoms with Crippen molar-refractivity contribution in [2.45, 2.75) is 19.5 Å². The highest BCUT2D eigenvalue weighted by molar-refractivity contribution is 7.12. The van der Waals surface area contributed by atoms with Crippen molar-refractivity contribution in [3.05, 3.63) is 93.6 Å². The molecule has 0 fully saturated rings. The van der Waals surface area contributed by atoms with Crippen molar-refractivity contribution in [1.82, 2.24) is 4.57 Å². The van der Waals surface area contributed by atoms with E-state index in [1.807, 2.05) is 42.8 Å². The number of ketones is 1. The van der Waals surface area contributed by atoms with Gasteiger partial charge in [0.05, 0.1) is 17.7 Å². The fourth-order valence-electron chi connectivity index (χ4n) is 3.69. The fourth-order valence-corrected chi connectivity index (χ4v) is 4.51. The first-order chi connectivity index (χ1) is 14.6. The van der Waals surface area contributed by atoms with E-state index < -0.39 is 6.04 Å². The van der Waals surface area contributed by atoms with Crippen LogP contribution in [0.3, 0.4) is 0 Å². The number of aryl methyl sites for hydroxylation is 1. The zero-order valence-corrected chi connectivity index (χ0v) is 17.0. The summed E-state index contributed by atoms with van der Waals surface area (Å²) in [4.78, 5) is 26.4. The predicted octanol–water partition coefficient (Wildman–Crippen LogP) is 5.10. The number of nitrogens with one attached hydrogen (secondary N) is 2. The van der Waals surface area contributed by atoms with Crippen LogP contribution in [0.4, 0.5) is 11.6 Å². The van der Waals surface area contributed by atoms with Gasteiger partial charge in [-0.1, -0.05) is 0 Å². The number of hydrogen-bond acceptors (Lipinski definition) is 5. The molecular weight excluding hydrogens is 398 g/mol. The Morgan fingerprint density at radius 3 is 2.77 bits per heavy atom. The summed E-state index contributed by atoms with van der Waals surface area (Å²) in [5.74, 6) is 0.411. The number of Topliss-reactive ketones (excluding diaryl/α,β-unsaturated/α-hetero) is 1. The van der Waals surface area contributed by atoms with Crippen molar-refractivity contribution in [1.29, 1.82) is 0 Å². The van der Waals surface area contributed by atoms with E-state index >= 15 is 0 Å². The molecule has 1 aliphatic heterocycles. The Balaban J connectivity index is 1.38. The molecule has 30 heavy (non-hydrogen) atoms. The summed E-state index contributed by atoms with van der Waals surface area (Å²) >= 11 is 1.41. The van der Waals surface area contributed by atoms with E-state index in [0.717, 1.165) is 16.8 Å². The SMILES string of the molecule is Cc1ccsc1C(=O)Nc1ccc(C(=O)C2Nc3occc3Cn3cccc32)cc1. The molecule has 2 N–H and O–H groups in total. The van der Waals surface area contributed by atoms with Gasteiger partial charge < -0.3 is 19.6 Å². The monoisotopic (exact) mass is 417 g/mol. The van der Waals surface area contributed by atoms with Gasteiger partial charge in [0.15, 0.2) is 11.7 Å². The van der Waals surface area contributed by atoms with Gasteiger partial charge in [0.1, 0.15) is 6.04 Å². The smallest absolute Gasteiger partial charge is 0.265 e. The van der Waals surface area contributed by atoms with Gasteiger partial charge in [-0.2, -0.15) is 0 Å². The minimum absolute atomic E-state index is 0.0637. The molecule has 0 radical (unpaired) electrons. The van der Waals surface area contributed by atoms with Crippen LogP contribution >= 0.6 is 11.3 Å². The molecule has 5 rings (SSSR count). The maximum atomic E-state index is 13.3. The van der Waals surface area contributed by atoms with Gasteiger partial charge in [-0.05, 0) is 66.4 Å². The standard InChI is InChI=1S/C23H19N3O3S/c1-14-9-12-30-21(14)22(28)24-17-6-4-15(5-7-17)20(27)19-18-3-2-10-26(18)13-16-8-11-29-23(16)25-19/h2-12,19,25H,13H2,1H3,(H,24,28). The highest BCUT2D eigenvalue weighted by Gasteiger charge is 2.29. The van der Waals surface area contributed by atoms with Gasteiger partial charge in [0.25, 0.3) is 5.91 Å². The quantitative estimate of drug-likeness (QED) is 0.453. The van der Waals surface area contributed by atoms with Crippen LogP contribution in [-0.4, -0.2) is 16.3 Å². The fraction of sp³-hybridized carbons (Fsp3) is 0.130. The number of furan rings is 1. The molecule has 1 aromatic carbocycles. The van der Waals surface area contributed by atoms with E-state index in [-0.39, 0.29) is 11.7 Å². The van der Waals surface area contributed by atoms with Crippen molar-refractivity contribution in [3.63, 3.8) is 0 Å². The average molecular weight is 417 g/mol. The second-order valence-corrected chi connectivity index (χ2v) is 8.16. The minimum atomic E-state index is -0.554. The van der Waals surface area contributed by atoms with Crippen molar-refractivity contribution >= 4 is 34.6 Å². The van der Waals surface area contributed by atoms with Crippen LogP contribution in [0.2, 0.25) is 0 Å². The van der Waals surface area contributed by atoms with Crippen LogP contribution in [0.15, 0.2) is 70.8 Å². The summed E-state index contributed by atoms with van der Waals surface area (Å²) < 4.78 is 7.59. The van der Waals surface area contributed by atoms with E-state index in [9.17, 15) is 9.59 Å². The molecule has 0 bridgehead atoms. The summed E-state index contributed by atoms with van der Waals surface area (Å²) in [7, 11) is 0. The van der Waals surface area contributed by atoms with Crippen molar-refractivity contribution in [2.24, 2.45) is 0 Å². The normalized spacial score (nSPS) is 14.9. The van der Waals surface area contributed by atoms with Crippen LogP contribution in [-0.2, 0) is 6.54 Å². The average Bonchev–Trinajstić information content (AvgIpc) is 3.47. The molecule has 1 aliphatic rings. The van der Waals surface area contributed by atoms with E-state index in [2.05, 4.69) is 15.2 Å². The number of benzene rings is 1. The van der Waals surface area contributed by atoms with Gasteiger partial charge in [-0.3, -0.25) is 9.59 Å². The van der Waals surface area contributed by atoms with E-state index in [0.29, 0.717) is 28.6 Å². The highest BCUT2D eigenvalue weighted by atomic mass is 32.1. The third-order valence-electron chi connectivity index (χ3n) is 5.28. The van der Waals surface area contributed by atoms with Gasteiger partial charge in [0.2, 0.25) is 0 Å². The largest absolute Gasteiger partial charge is 0.449 e. The zero-order valence-electron chi connectivity index (χ0n) is 16.2. The molecule has 4 heterocycles. The number of amides is 1. The Morgan fingerprint density at radius 2 is 2.00 bits per heavy atom. The van der Waals surface area contributed by atoms with Gasteiger partial charge in [-0.25, -0.2) is 0 Å². The Hall–Kier alpha value is -3.58. The van der Waals surface area contributed by atoms with Gasteiger partial charge in [-0.15, -0.1) is 11.3 Å². The maximum absolute atomic E-state index is 13.3. The Bertz CT molecular complexity index is 1230. The third kappa shape index (κ3) is 3.23. The van der Waals surface area contributed by atoms with Gasteiger partial charge in [0, 0.05) is 28.7 Å². The molecule has 6 nitrogen and oxygen atoms in total. The number of anilines is 2. The number of carbonyl (C=O) groups excluding carboxylic acids is 2. The molecule has 0 saturated heterocycles. The number of fused-ring (bicyclic) bond motifs is 2. The first-order valence-electron chi connectivity index (χ1n) is 9.58. The third-order valence-corrected chi connectivity index (χ3v) is 6.30. The second kappa shape index (κ2) is 7.35. The Kier molecular flexibility index (Phi) is 4.52. The molecule has 1 amide bonds. The number of carbonyl (C=O) groups is 2. The number of hydrogen-bond donors (Lipinski definition) is 2. The summed E-state index contributed by atoms with van der Waals surface area (Å²) in [5, 5.41) is 8.03. The summed E-state index contributed by atoms with van der Waals surface area (Å²) in [6.07, 6.45) is 3.59. The van der Waals surface area contributed by atoms with Crippen LogP contribution in [0.5, 0.6) is 0 Å². The summed E-state index contributed by atoms with van der Waals surface area (Å²) in [5.41, 5.74) is 4.04. The molecule has 3 aromatic heterocycles. The highest BCUT2D eigenvalue weighted by Crippen LogP contribution is 2.32. The summed E-state index contributed by atoms with van der Waals surface area (Å²) in [6.45, 7) is 2.56. The lowest BCUT2D eigenvalue weighted by Gasteiger charge is -2.17. The molecule has 4 aromatic rings. The van der Waals surface area contributed by atoms with Crippen molar-refractivity contribution in [3.8, 4) is 0 Å². The van der Waals surface area contributed by atoms with Crippen LogP contribution in [0, 0.1) is 6.92 Å². The molecule has 150 valence electrons. The van der Waals surface area contributed by atoms with Crippen LogP contribution in [0.25, 0.3) is 0 Å². The Labute approximate surface area is 177 Å². The molecule has 0 saturated carbocycles. The predicted molar refractivity (Wildman–Crippen MR) is 116 cm³/mol. The number of rotatable bonds is 4. The second-order valence-electron chi connectivity index (χ2n) is 7.24. The van der Waals surface area contributed by atoms with Crippen LogP contribution < -0.4 is 10.6 Å². The number of nitrogens with zero attached hydrogens (tertiary/aromatic N) is 1. The van der Waals surface area contributed by atoms with Gasteiger partial charge >= 0.3 is 0 Å². The molecule has 1 unspecified atom stereocenters. The molecule has 1 atom stereocenters. The topological polar surface area (TPSA) is 76.3 Å². The lowest BCUT2D eigenvalue weighted by molar-refractivity contribution is 0.0965.